The summed E-state index contributed by atoms with van der Waals surface area (Å²) in [6, 6.07) is 0. The van der Waals surface area contributed by atoms with Crippen LogP contribution in [-0.4, -0.2) is 18.4 Å². The highest BCUT2D eigenvalue weighted by Gasteiger charge is 2.39. The fourth-order valence-corrected chi connectivity index (χ4v) is 1.50. The van der Waals surface area contributed by atoms with Crippen molar-refractivity contribution in [2.24, 2.45) is 17.8 Å². The lowest BCUT2D eigenvalue weighted by Gasteiger charge is -2.07. The molecule has 0 aromatic heterocycles. The summed E-state index contributed by atoms with van der Waals surface area (Å²) in [5.74, 6) is -0.975. The molecule has 1 aliphatic carbocycles. The van der Waals surface area contributed by atoms with Crippen molar-refractivity contribution in [3.05, 3.63) is 0 Å². The molecule has 1 aliphatic rings. The molecule has 60 valence electrons. The normalized spacial score (nSPS) is 37.2. The summed E-state index contributed by atoms with van der Waals surface area (Å²) >= 11 is 0. The molecular weight excluding hydrogens is 144 g/mol. The van der Waals surface area contributed by atoms with Crippen LogP contribution in [-0.2, 0) is 14.4 Å². The second kappa shape index (κ2) is 2.95. The minimum absolute atomic E-state index is 0.0270. The lowest BCUT2D eigenvalue weighted by molar-refractivity contribution is -0.122. The Labute approximate surface area is 64.8 Å². The summed E-state index contributed by atoms with van der Waals surface area (Å²) in [5, 5.41) is 0. The van der Waals surface area contributed by atoms with Gasteiger partial charge in [0.15, 0.2) is 0 Å². The van der Waals surface area contributed by atoms with Gasteiger partial charge in [0.05, 0.1) is 0 Å². The van der Waals surface area contributed by atoms with Gasteiger partial charge < -0.3 is 9.59 Å². The van der Waals surface area contributed by atoms with E-state index in [-0.39, 0.29) is 30.0 Å². The standard InChI is InChI=1S/C8H10O3/c1-5-7(4-10)6(3-9)2-8(5)11/h3-7H,2H2,1H3/t5?,6-,7-/m0/s1. The fraction of sp³-hybridized carbons (Fsp3) is 0.625. The van der Waals surface area contributed by atoms with Gasteiger partial charge >= 0.3 is 0 Å². The van der Waals surface area contributed by atoms with Crippen molar-refractivity contribution in [1.29, 1.82) is 0 Å². The minimum Gasteiger partial charge on any atom is -0.303 e. The Morgan fingerprint density at radius 1 is 1.36 bits per heavy atom. The predicted molar refractivity (Wildman–Crippen MR) is 37.9 cm³/mol. The van der Waals surface area contributed by atoms with Gasteiger partial charge in [0.25, 0.3) is 0 Å². The number of carbonyl (C=O) groups is 3. The molecule has 3 heteroatoms. The highest BCUT2D eigenvalue weighted by molar-refractivity contribution is 5.91. The molecule has 1 unspecified atom stereocenters. The molecule has 0 N–H and O–H groups in total. The molecule has 1 rings (SSSR count). The van der Waals surface area contributed by atoms with E-state index >= 15 is 0 Å². The molecule has 1 saturated carbocycles. The number of aldehydes is 2. The Morgan fingerprint density at radius 3 is 2.36 bits per heavy atom. The molecule has 1 fully saturated rings. The highest BCUT2D eigenvalue weighted by atomic mass is 16.1. The zero-order valence-electron chi connectivity index (χ0n) is 6.32. The molecule has 11 heavy (non-hydrogen) atoms. The third-order valence-electron chi connectivity index (χ3n) is 2.35. The topological polar surface area (TPSA) is 51.2 Å². The van der Waals surface area contributed by atoms with Gasteiger partial charge in [-0.3, -0.25) is 4.79 Å². The maximum Gasteiger partial charge on any atom is 0.137 e. The summed E-state index contributed by atoms with van der Waals surface area (Å²) in [7, 11) is 0. The Bertz CT molecular complexity index is 198. The first kappa shape index (κ1) is 8.11. The molecule has 0 bridgehead atoms. The highest BCUT2D eigenvalue weighted by Crippen LogP contribution is 2.30. The second-order valence-electron chi connectivity index (χ2n) is 2.97. The molecule has 3 nitrogen and oxygen atoms in total. The lowest BCUT2D eigenvalue weighted by Crippen LogP contribution is -2.16. The lowest BCUT2D eigenvalue weighted by atomic mass is 9.93. The Hall–Kier alpha value is -0.990. The first-order valence-corrected chi connectivity index (χ1v) is 3.64. The van der Waals surface area contributed by atoms with Crippen molar-refractivity contribution in [1.82, 2.24) is 0 Å². The third kappa shape index (κ3) is 1.23. The second-order valence-corrected chi connectivity index (χ2v) is 2.97. The molecule has 0 amide bonds. The van der Waals surface area contributed by atoms with Crippen LogP contribution in [0.5, 0.6) is 0 Å². The quantitative estimate of drug-likeness (QED) is 0.535. The summed E-state index contributed by atoms with van der Waals surface area (Å²) in [4.78, 5) is 31.8. The third-order valence-corrected chi connectivity index (χ3v) is 2.35. The van der Waals surface area contributed by atoms with Crippen LogP contribution in [0.4, 0.5) is 0 Å². The summed E-state index contributed by atoms with van der Waals surface area (Å²) < 4.78 is 0. The van der Waals surface area contributed by atoms with E-state index in [2.05, 4.69) is 0 Å². The van der Waals surface area contributed by atoms with E-state index in [1.54, 1.807) is 6.92 Å². The smallest absolute Gasteiger partial charge is 0.137 e. The fourth-order valence-electron chi connectivity index (χ4n) is 1.50. The van der Waals surface area contributed by atoms with Gasteiger partial charge in [-0.1, -0.05) is 6.92 Å². The molecule has 0 spiro atoms. The number of Topliss-reactive ketones (excluding diaryl/α,β-unsaturated/α-hetero) is 1. The first-order valence-electron chi connectivity index (χ1n) is 3.64. The molecule has 0 aromatic rings. The van der Waals surface area contributed by atoms with Gasteiger partial charge in [-0.2, -0.15) is 0 Å². The maximum absolute atomic E-state index is 11.0. The van der Waals surface area contributed by atoms with E-state index < -0.39 is 0 Å². The van der Waals surface area contributed by atoms with Crippen LogP contribution in [0.3, 0.4) is 0 Å². The van der Waals surface area contributed by atoms with Crippen molar-refractivity contribution in [2.75, 3.05) is 0 Å². The van der Waals surface area contributed by atoms with Crippen molar-refractivity contribution in [3.63, 3.8) is 0 Å². The Morgan fingerprint density at radius 2 is 2.00 bits per heavy atom. The van der Waals surface area contributed by atoms with Crippen LogP contribution in [0, 0.1) is 17.8 Å². The number of hydrogen-bond donors (Lipinski definition) is 0. The summed E-state index contributed by atoms with van der Waals surface area (Å²) in [6.07, 6.45) is 1.67. The van der Waals surface area contributed by atoms with Crippen LogP contribution >= 0.6 is 0 Å². The van der Waals surface area contributed by atoms with Gasteiger partial charge in [-0.05, 0) is 0 Å². The molecular formula is C8H10O3. The summed E-state index contributed by atoms with van der Waals surface area (Å²) in [5.41, 5.74) is 0. The molecule has 0 aromatic carbocycles. The van der Waals surface area contributed by atoms with Crippen molar-refractivity contribution in [2.45, 2.75) is 13.3 Å². The van der Waals surface area contributed by atoms with E-state index in [1.807, 2.05) is 0 Å². The molecule has 3 atom stereocenters. The molecule has 0 aliphatic heterocycles. The average Bonchev–Trinajstić information content (AvgIpc) is 2.28. The van der Waals surface area contributed by atoms with Gasteiger partial charge in [0, 0.05) is 24.2 Å². The van der Waals surface area contributed by atoms with Crippen LogP contribution < -0.4 is 0 Å². The Balaban J connectivity index is 2.79. The number of ketones is 1. The zero-order chi connectivity index (χ0) is 8.43. The van der Waals surface area contributed by atoms with E-state index in [4.69, 9.17) is 0 Å². The first-order chi connectivity index (χ1) is 5.20. The van der Waals surface area contributed by atoms with Crippen LogP contribution in [0.25, 0.3) is 0 Å². The number of hydrogen-bond acceptors (Lipinski definition) is 3. The van der Waals surface area contributed by atoms with Crippen LogP contribution in [0.1, 0.15) is 13.3 Å². The SMILES string of the molecule is CC1C(=O)C[C@@H](C=O)[C@H]1C=O. The van der Waals surface area contributed by atoms with E-state index in [0.29, 0.717) is 12.6 Å². The number of rotatable bonds is 2. The van der Waals surface area contributed by atoms with Gasteiger partial charge in [-0.25, -0.2) is 0 Å². The molecule has 0 saturated heterocycles. The van der Waals surface area contributed by atoms with E-state index in [0.717, 1.165) is 0 Å². The van der Waals surface area contributed by atoms with Crippen molar-refractivity contribution >= 4 is 18.4 Å². The monoisotopic (exact) mass is 154 g/mol. The van der Waals surface area contributed by atoms with Gasteiger partial charge in [0.2, 0.25) is 0 Å². The van der Waals surface area contributed by atoms with E-state index in [1.165, 1.54) is 0 Å². The zero-order valence-corrected chi connectivity index (χ0v) is 6.32. The largest absolute Gasteiger partial charge is 0.303 e. The van der Waals surface area contributed by atoms with Crippen molar-refractivity contribution < 1.29 is 14.4 Å². The van der Waals surface area contributed by atoms with Crippen LogP contribution in [0.15, 0.2) is 0 Å². The van der Waals surface area contributed by atoms with Gasteiger partial charge in [-0.15, -0.1) is 0 Å². The number of carbonyl (C=O) groups excluding carboxylic acids is 3. The maximum atomic E-state index is 11.0. The molecule has 0 radical (unpaired) electrons. The summed E-state index contributed by atoms with van der Waals surface area (Å²) in [6.45, 7) is 1.70. The predicted octanol–water partition coefficient (Wildman–Crippen LogP) is 0.226. The van der Waals surface area contributed by atoms with Crippen molar-refractivity contribution in [3.8, 4) is 0 Å². The Kier molecular flexibility index (Phi) is 2.17. The van der Waals surface area contributed by atoms with Gasteiger partial charge in [0.1, 0.15) is 18.4 Å². The van der Waals surface area contributed by atoms with E-state index in [9.17, 15) is 14.4 Å². The average molecular weight is 154 g/mol. The molecule has 0 heterocycles. The minimum atomic E-state index is -0.375. The van der Waals surface area contributed by atoms with Crippen LogP contribution in [0.2, 0.25) is 0 Å².